The highest BCUT2D eigenvalue weighted by atomic mass is 32.2. The van der Waals surface area contributed by atoms with Gasteiger partial charge in [-0.2, -0.15) is 0 Å². The average Bonchev–Trinajstić information content (AvgIpc) is 2.13. The first-order valence-corrected chi connectivity index (χ1v) is 3.78. The predicted molar refractivity (Wildman–Crippen MR) is 38.2 cm³/mol. The Kier molecular flexibility index (Phi) is 1.60. The molecule has 0 aliphatic carbocycles. The second kappa shape index (κ2) is 2.16. The second-order valence-corrected chi connectivity index (χ2v) is 3.63. The van der Waals surface area contributed by atoms with Gasteiger partial charge in [-0.25, -0.2) is 0 Å². The molecule has 10 heavy (non-hydrogen) atoms. The number of nitrogens with two attached hydrogens (primary N) is 1. The zero-order valence-corrected chi connectivity index (χ0v) is 6.33. The van der Waals surface area contributed by atoms with Crippen LogP contribution in [0.1, 0.15) is 6.92 Å². The van der Waals surface area contributed by atoms with E-state index in [0.29, 0.717) is 5.75 Å². The van der Waals surface area contributed by atoms with Crippen molar-refractivity contribution in [1.82, 2.24) is 5.32 Å². The van der Waals surface area contributed by atoms with E-state index in [1.165, 1.54) is 11.8 Å². The summed E-state index contributed by atoms with van der Waals surface area (Å²) in [6.45, 7) is 1.60. The van der Waals surface area contributed by atoms with Crippen LogP contribution in [0.3, 0.4) is 0 Å². The Hall–Kier alpha value is -0.710. The van der Waals surface area contributed by atoms with Crippen molar-refractivity contribution in [3.8, 4) is 0 Å². The van der Waals surface area contributed by atoms with Gasteiger partial charge in [0.1, 0.15) is 0 Å². The van der Waals surface area contributed by atoms with Crippen molar-refractivity contribution in [3.63, 3.8) is 0 Å². The quantitative estimate of drug-likeness (QED) is 0.519. The highest BCUT2D eigenvalue weighted by Gasteiger charge is 2.39. The highest BCUT2D eigenvalue weighted by Crippen LogP contribution is 2.26. The molecule has 1 atom stereocenters. The van der Waals surface area contributed by atoms with Gasteiger partial charge in [-0.05, 0) is 6.92 Å². The molecule has 0 bridgehead atoms. The molecule has 4 nitrogen and oxygen atoms in total. The molecule has 1 aliphatic heterocycles. The Morgan fingerprint density at radius 1 is 1.90 bits per heavy atom. The third-order valence-electron chi connectivity index (χ3n) is 1.34. The summed E-state index contributed by atoms with van der Waals surface area (Å²) in [5.74, 6) is -0.311. The molecule has 1 heterocycles. The molecule has 0 aromatic heterocycles. The fourth-order valence-electron chi connectivity index (χ4n) is 0.681. The SMILES string of the molecule is CC1(C(N)=O)NC(=O)CS1. The summed E-state index contributed by atoms with van der Waals surface area (Å²) in [7, 11) is 0. The van der Waals surface area contributed by atoms with Gasteiger partial charge in [0.25, 0.3) is 5.91 Å². The van der Waals surface area contributed by atoms with Crippen molar-refractivity contribution in [2.24, 2.45) is 5.73 Å². The van der Waals surface area contributed by atoms with E-state index in [-0.39, 0.29) is 5.91 Å². The van der Waals surface area contributed by atoms with Crippen molar-refractivity contribution >= 4 is 23.6 Å². The van der Waals surface area contributed by atoms with E-state index in [0.717, 1.165) is 0 Å². The van der Waals surface area contributed by atoms with Gasteiger partial charge in [0.15, 0.2) is 4.87 Å². The maximum Gasteiger partial charge on any atom is 0.253 e. The Morgan fingerprint density at radius 2 is 2.50 bits per heavy atom. The highest BCUT2D eigenvalue weighted by molar-refractivity contribution is 8.02. The van der Waals surface area contributed by atoms with E-state index in [1.807, 2.05) is 0 Å². The number of amides is 2. The lowest BCUT2D eigenvalue weighted by molar-refractivity contribution is -0.125. The lowest BCUT2D eigenvalue weighted by Gasteiger charge is -2.17. The molecule has 1 fully saturated rings. The van der Waals surface area contributed by atoms with Gasteiger partial charge in [-0.15, -0.1) is 11.8 Å². The number of hydrogen-bond donors (Lipinski definition) is 2. The van der Waals surface area contributed by atoms with Gasteiger partial charge >= 0.3 is 0 Å². The van der Waals surface area contributed by atoms with Gasteiger partial charge in [-0.1, -0.05) is 0 Å². The molecular formula is C5H8N2O2S. The van der Waals surface area contributed by atoms with Crippen LogP contribution in [0.25, 0.3) is 0 Å². The zero-order chi connectivity index (χ0) is 7.78. The van der Waals surface area contributed by atoms with Crippen LogP contribution in [-0.4, -0.2) is 22.4 Å². The number of hydrogen-bond acceptors (Lipinski definition) is 3. The number of carbonyl (C=O) groups excluding carboxylic acids is 2. The van der Waals surface area contributed by atoms with E-state index in [2.05, 4.69) is 5.32 Å². The molecule has 56 valence electrons. The predicted octanol–water partition coefficient (Wildman–Crippen LogP) is -0.949. The summed E-state index contributed by atoms with van der Waals surface area (Å²) in [5.41, 5.74) is 5.02. The van der Waals surface area contributed by atoms with E-state index >= 15 is 0 Å². The molecule has 2 amide bonds. The Labute approximate surface area is 62.5 Å². The van der Waals surface area contributed by atoms with Gasteiger partial charge in [0.2, 0.25) is 5.91 Å². The number of rotatable bonds is 1. The van der Waals surface area contributed by atoms with E-state index in [1.54, 1.807) is 6.92 Å². The monoisotopic (exact) mass is 160 g/mol. The number of nitrogens with one attached hydrogen (secondary N) is 1. The maximum absolute atomic E-state index is 10.7. The lowest BCUT2D eigenvalue weighted by Crippen LogP contribution is -2.47. The van der Waals surface area contributed by atoms with Crippen LogP contribution in [0.4, 0.5) is 0 Å². The van der Waals surface area contributed by atoms with Crippen molar-refractivity contribution in [2.75, 3.05) is 5.75 Å². The van der Waals surface area contributed by atoms with E-state index in [9.17, 15) is 9.59 Å². The molecule has 1 aliphatic rings. The van der Waals surface area contributed by atoms with Gasteiger partial charge < -0.3 is 11.1 Å². The fourth-order valence-corrected chi connectivity index (χ4v) is 1.50. The molecule has 0 aromatic rings. The van der Waals surface area contributed by atoms with Crippen LogP contribution in [0.5, 0.6) is 0 Å². The van der Waals surface area contributed by atoms with Crippen LogP contribution >= 0.6 is 11.8 Å². The van der Waals surface area contributed by atoms with Crippen LogP contribution in [0.2, 0.25) is 0 Å². The molecule has 1 saturated heterocycles. The van der Waals surface area contributed by atoms with Crippen molar-refractivity contribution in [2.45, 2.75) is 11.8 Å². The minimum absolute atomic E-state index is 0.133. The van der Waals surface area contributed by atoms with E-state index in [4.69, 9.17) is 5.73 Å². The Morgan fingerprint density at radius 3 is 2.70 bits per heavy atom. The minimum Gasteiger partial charge on any atom is -0.367 e. The molecule has 1 unspecified atom stereocenters. The molecule has 3 N–H and O–H groups in total. The first kappa shape index (κ1) is 7.40. The average molecular weight is 160 g/mol. The molecule has 1 rings (SSSR count). The van der Waals surface area contributed by atoms with E-state index < -0.39 is 10.8 Å². The van der Waals surface area contributed by atoms with Crippen LogP contribution in [-0.2, 0) is 9.59 Å². The first-order valence-electron chi connectivity index (χ1n) is 2.79. The molecular weight excluding hydrogens is 152 g/mol. The largest absolute Gasteiger partial charge is 0.367 e. The zero-order valence-electron chi connectivity index (χ0n) is 5.51. The molecule has 0 aromatic carbocycles. The fraction of sp³-hybridized carbons (Fsp3) is 0.600. The molecule has 0 saturated carbocycles. The van der Waals surface area contributed by atoms with Gasteiger partial charge in [0, 0.05) is 0 Å². The summed E-state index contributed by atoms with van der Waals surface area (Å²) in [4.78, 5) is 20.4. The van der Waals surface area contributed by atoms with Crippen LogP contribution < -0.4 is 11.1 Å². The van der Waals surface area contributed by atoms with Crippen molar-refractivity contribution in [3.05, 3.63) is 0 Å². The topological polar surface area (TPSA) is 72.2 Å². The summed E-state index contributed by atoms with van der Waals surface area (Å²) < 4.78 is 0. The number of primary amides is 1. The standard InChI is InChI=1S/C5H8N2O2S/c1-5(4(6)9)7-3(8)2-10-5/h2H2,1H3,(H2,6,9)(H,7,8). The van der Waals surface area contributed by atoms with Crippen molar-refractivity contribution < 1.29 is 9.59 Å². The molecule has 0 radical (unpaired) electrons. The van der Waals surface area contributed by atoms with Gasteiger partial charge in [0.05, 0.1) is 5.75 Å². The Bertz CT molecular complexity index is 194. The summed E-state index contributed by atoms with van der Waals surface area (Å²) in [5, 5.41) is 2.48. The maximum atomic E-state index is 10.7. The summed E-state index contributed by atoms with van der Waals surface area (Å²) >= 11 is 1.23. The first-order chi connectivity index (χ1) is 4.54. The van der Waals surface area contributed by atoms with Crippen LogP contribution in [0, 0.1) is 0 Å². The minimum atomic E-state index is -0.878. The Balaban J connectivity index is 2.72. The third kappa shape index (κ3) is 1.09. The smallest absolute Gasteiger partial charge is 0.253 e. The lowest BCUT2D eigenvalue weighted by atomic mass is 10.3. The second-order valence-electron chi connectivity index (χ2n) is 2.23. The molecule has 5 heteroatoms. The number of carbonyl (C=O) groups is 2. The normalized spacial score (nSPS) is 31.9. The van der Waals surface area contributed by atoms with Crippen molar-refractivity contribution in [1.29, 1.82) is 0 Å². The van der Waals surface area contributed by atoms with Gasteiger partial charge in [-0.3, -0.25) is 9.59 Å². The summed E-state index contributed by atoms with van der Waals surface area (Å²) in [6.07, 6.45) is 0. The molecule has 0 spiro atoms. The van der Waals surface area contributed by atoms with Crippen LogP contribution in [0.15, 0.2) is 0 Å². The summed E-state index contributed by atoms with van der Waals surface area (Å²) in [6, 6.07) is 0. The number of thioether (sulfide) groups is 1. The third-order valence-corrected chi connectivity index (χ3v) is 2.63.